The SMILES string of the molecule is CCCCCCCCCCCCCCCCCCC(COP(=O)(O)OCC[N+](C)(C)C)OCC. The number of phosphoric ester groups is 1. The largest absolute Gasteiger partial charge is 0.472 e. The molecule has 0 aromatic rings. The summed E-state index contributed by atoms with van der Waals surface area (Å²) in [7, 11) is 2.01. The number of hydrogen-bond donors (Lipinski definition) is 1. The molecule has 0 saturated carbocycles. The molecule has 2 unspecified atom stereocenters. The lowest BCUT2D eigenvalue weighted by Gasteiger charge is -2.24. The van der Waals surface area contributed by atoms with Gasteiger partial charge in [0.2, 0.25) is 0 Å². The molecule has 206 valence electrons. The molecule has 6 nitrogen and oxygen atoms in total. The van der Waals surface area contributed by atoms with E-state index in [1.165, 1.54) is 96.3 Å². The highest BCUT2D eigenvalue weighted by atomic mass is 31.2. The molecule has 0 heterocycles. The summed E-state index contributed by atoms with van der Waals surface area (Å²) in [5, 5.41) is 0. The van der Waals surface area contributed by atoms with Crippen LogP contribution in [0.4, 0.5) is 0 Å². The average Bonchev–Trinajstić information content (AvgIpc) is 2.76. The molecule has 34 heavy (non-hydrogen) atoms. The normalized spacial score (nSPS) is 14.9. The topological polar surface area (TPSA) is 65.0 Å². The second kappa shape index (κ2) is 22.2. The lowest BCUT2D eigenvalue weighted by molar-refractivity contribution is -0.870. The smallest absolute Gasteiger partial charge is 0.376 e. The van der Waals surface area contributed by atoms with E-state index >= 15 is 0 Å². The minimum absolute atomic E-state index is 0.102. The summed E-state index contributed by atoms with van der Waals surface area (Å²) in [5.41, 5.74) is 0. The van der Waals surface area contributed by atoms with Crippen LogP contribution in [0.2, 0.25) is 0 Å². The molecule has 0 bridgehead atoms. The van der Waals surface area contributed by atoms with Gasteiger partial charge in [0, 0.05) is 6.61 Å². The third-order valence-electron chi connectivity index (χ3n) is 6.22. The predicted molar refractivity (Wildman–Crippen MR) is 144 cm³/mol. The Morgan fingerprint density at radius 2 is 1.15 bits per heavy atom. The van der Waals surface area contributed by atoms with Crippen molar-refractivity contribution in [2.45, 2.75) is 129 Å². The summed E-state index contributed by atoms with van der Waals surface area (Å²) in [6.45, 7) is 5.73. The van der Waals surface area contributed by atoms with E-state index in [1.54, 1.807) is 0 Å². The Morgan fingerprint density at radius 3 is 1.56 bits per heavy atom. The lowest BCUT2D eigenvalue weighted by Crippen LogP contribution is -2.37. The number of likely N-dealkylation sites (N-methyl/N-ethyl adjacent to an activating group) is 1. The van der Waals surface area contributed by atoms with E-state index in [2.05, 4.69) is 6.92 Å². The van der Waals surface area contributed by atoms with Crippen LogP contribution in [0.15, 0.2) is 0 Å². The van der Waals surface area contributed by atoms with Crippen LogP contribution in [0.1, 0.15) is 123 Å². The van der Waals surface area contributed by atoms with Gasteiger partial charge in [-0.15, -0.1) is 0 Å². The fourth-order valence-corrected chi connectivity index (χ4v) is 4.76. The van der Waals surface area contributed by atoms with Crippen molar-refractivity contribution >= 4 is 7.82 Å². The zero-order chi connectivity index (χ0) is 25.5. The van der Waals surface area contributed by atoms with E-state index in [9.17, 15) is 9.46 Å². The molecule has 0 rings (SSSR count). The summed E-state index contributed by atoms with van der Waals surface area (Å²) >= 11 is 0. The summed E-state index contributed by atoms with van der Waals surface area (Å²) in [5.74, 6) is 0. The fourth-order valence-electron chi connectivity index (χ4n) is 4.02. The maximum Gasteiger partial charge on any atom is 0.472 e. The van der Waals surface area contributed by atoms with Crippen molar-refractivity contribution in [3.8, 4) is 0 Å². The number of quaternary nitrogens is 1. The molecular weight excluding hydrogens is 449 g/mol. The minimum atomic E-state index is -4.02. The quantitative estimate of drug-likeness (QED) is 0.0731. The van der Waals surface area contributed by atoms with Crippen molar-refractivity contribution in [2.75, 3.05) is 47.5 Å². The number of phosphoric acid groups is 1. The van der Waals surface area contributed by atoms with Gasteiger partial charge in [-0.2, -0.15) is 0 Å². The van der Waals surface area contributed by atoms with Gasteiger partial charge < -0.3 is 14.1 Å². The first-order valence-corrected chi connectivity index (χ1v) is 15.7. The van der Waals surface area contributed by atoms with Crippen LogP contribution in [-0.2, 0) is 18.3 Å². The number of rotatable bonds is 26. The first-order valence-electron chi connectivity index (χ1n) is 14.2. The Kier molecular flexibility index (Phi) is 22.3. The summed E-state index contributed by atoms with van der Waals surface area (Å²) in [6.07, 6.45) is 22.3. The summed E-state index contributed by atoms with van der Waals surface area (Å²) in [6, 6.07) is 0. The summed E-state index contributed by atoms with van der Waals surface area (Å²) < 4.78 is 28.7. The van der Waals surface area contributed by atoms with Gasteiger partial charge in [0.15, 0.2) is 0 Å². The molecule has 0 radical (unpaired) electrons. The summed E-state index contributed by atoms with van der Waals surface area (Å²) in [4.78, 5) is 9.89. The molecule has 1 N–H and O–H groups in total. The number of hydrogen-bond acceptors (Lipinski definition) is 4. The molecule has 0 aromatic carbocycles. The zero-order valence-corrected chi connectivity index (χ0v) is 24.3. The van der Waals surface area contributed by atoms with Gasteiger partial charge in [-0.1, -0.05) is 110 Å². The predicted octanol–water partition coefficient (Wildman–Crippen LogP) is 7.88. The molecule has 0 aliphatic heterocycles. The number of nitrogens with zero attached hydrogens (tertiary/aromatic N) is 1. The van der Waals surface area contributed by atoms with Crippen molar-refractivity contribution in [2.24, 2.45) is 0 Å². The molecule has 0 amide bonds. The van der Waals surface area contributed by atoms with Crippen LogP contribution in [0, 0.1) is 0 Å². The molecule has 2 atom stereocenters. The molecule has 0 fully saturated rings. The van der Waals surface area contributed by atoms with E-state index in [-0.39, 0.29) is 19.3 Å². The fraction of sp³-hybridized carbons (Fsp3) is 1.00. The van der Waals surface area contributed by atoms with Crippen LogP contribution in [-0.4, -0.2) is 63.0 Å². The van der Waals surface area contributed by atoms with E-state index in [4.69, 9.17) is 13.8 Å². The average molecular weight is 509 g/mol. The Balaban J connectivity index is 3.65. The van der Waals surface area contributed by atoms with Crippen LogP contribution in [0.25, 0.3) is 0 Å². The zero-order valence-electron chi connectivity index (χ0n) is 23.4. The number of ether oxygens (including phenoxy) is 1. The molecule has 0 spiro atoms. The van der Waals surface area contributed by atoms with Crippen LogP contribution in [0.5, 0.6) is 0 Å². The maximum absolute atomic E-state index is 12.1. The van der Waals surface area contributed by atoms with Gasteiger partial charge in [0.1, 0.15) is 13.2 Å². The highest BCUT2D eigenvalue weighted by Gasteiger charge is 2.24. The van der Waals surface area contributed by atoms with Crippen molar-refractivity contribution in [3.05, 3.63) is 0 Å². The Morgan fingerprint density at radius 1 is 0.706 bits per heavy atom. The van der Waals surface area contributed by atoms with Crippen molar-refractivity contribution in [1.82, 2.24) is 0 Å². The lowest BCUT2D eigenvalue weighted by atomic mass is 10.0. The molecule has 0 saturated heterocycles. The van der Waals surface area contributed by atoms with Gasteiger partial charge >= 0.3 is 7.82 Å². The molecule has 7 heteroatoms. The van der Waals surface area contributed by atoms with E-state index in [1.807, 2.05) is 28.1 Å². The van der Waals surface area contributed by atoms with E-state index < -0.39 is 7.82 Å². The van der Waals surface area contributed by atoms with E-state index in [0.717, 1.165) is 12.8 Å². The first-order chi connectivity index (χ1) is 16.2. The second-order valence-electron chi connectivity index (χ2n) is 10.8. The standard InChI is InChI=1S/C27H58NO5P/c1-6-8-9-10-11-12-13-14-15-16-17-18-19-20-21-22-23-27(31-7-2)26-33-34(29,30)32-25-24-28(3,4)5/h27H,6-26H2,1-5H3/p+1. The number of unbranched alkanes of at least 4 members (excludes halogenated alkanes) is 15. The van der Waals surface area contributed by atoms with Gasteiger partial charge in [-0.25, -0.2) is 4.57 Å². The van der Waals surface area contributed by atoms with Crippen molar-refractivity contribution in [1.29, 1.82) is 0 Å². The second-order valence-corrected chi connectivity index (χ2v) is 12.2. The van der Waals surface area contributed by atoms with Crippen LogP contribution < -0.4 is 0 Å². The van der Waals surface area contributed by atoms with Gasteiger partial charge in [0.25, 0.3) is 0 Å². The van der Waals surface area contributed by atoms with Gasteiger partial charge in [0.05, 0.1) is 33.9 Å². The van der Waals surface area contributed by atoms with E-state index in [0.29, 0.717) is 17.6 Å². The van der Waals surface area contributed by atoms with Crippen LogP contribution >= 0.6 is 7.82 Å². The van der Waals surface area contributed by atoms with Gasteiger partial charge in [-0.05, 0) is 13.3 Å². The van der Waals surface area contributed by atoms with Crippen LogP contribution in [0.3, 0.4) is 0 Å². The van der Waals surface area contributed by atoms with Crippen molar-refractivity contribution in [3.63, 3.8) is 0 Å². The third-order valence-corrected chi connectivity index (χ3v) is 7.21. The maximum atomic E-state index is 12.1. The Labute approximate surface area is 212 Å². The highest BCUT2D eigenvalue weighted by Crippen LogP contribution is 2.43. The first kappa shape index (κ1) is 34.0. The minimum Gasteiger partial charge on any atom is -0.376 e. The molecule has 0 aliphatic rings. The van der Waals surface area contributed by atoms with Crippen molar-refractivity contribution < 1.29 is 27.7 Å². The molecule has 0 aromatic heterocycles. The third kappa shape index (κ3) is 25.1. The molecular formula is C27H59NO5P+. The Bertz CT molecular complexity index is 484. The Hall–Kier alpha value is 0.0300. The molecule has 0 aliphatic carbocycles. The van der Waals surface area contributed by atoms with Gasteiger partial charge in [-0.3, -0.25) is 9.05 Å². The monoisotopic (exact) mass is 508 g/mol. The highest BCUT2D eigenvalue weighted by molar-refractivity contribution is 7.47.